The Hall–Kier alpha value is -3.62. The standard InChI is InChI=1S/C36H42ClN5O2S/c1-36(2,3)24-12-10-23(11-13-24)31(43)22-32(45-28-20-14-25(37)15-21-28)34(44)38-26-16-18-27(19-17-26)39-35-40-30-9-7-6-8-29(30)33(41-35)42(4)5/h6-15,20-21,26-27,32H,16-19,22H2,1-5H3,(H,38,44)(H,39,40,41). The number of amides is 1. The summed E-state index contributed by atoms with van der Waals surface area (Å²) in [4.78, 5) is 39.5. The lowest BCUT2D eigenvalue weighted by Gasteiger charge is -2.31. The molecule has 0 spiro atoms. The Morgan fingerprint density at radius 1 is 0.911 bits per heavy atom. The summed E-state index contributed by atoms with van der Waals surface area (Å²) >= 11 is 7.51. The highest BCUT2D eigenvalue weighted by Crippen LogP contribution is 2.31. The number of hydrogen-bond donors (Lipinski definition) is 2. The Morgan fingerprint density at radius 2 is 1.56 bits per heavy atom. The van der Waals surface area contributed by atoms with Crippen LogP contribution in [0.25, 0.3) is 10.9 Å². The molecule has 1 fully saturated rings. The summed E-state index contributed by atoms with van der Waals surface area (Å²) in [6.07, 6.45) is 3.54. The van der Waals surface area contributed by atoms with Crippen LogP contribution < -0.4 is 15.5 Å². The molecule has 3 aromatic carbocycles. The molecule has 0 radical (unpaired) electrons. The van der Waals surface area contributed by atoms with E-state index in [1.54, 1.807) is 12.1 Å². The summed E-state index contributed by atoms with van der Waals surface area (Å²) in [7, 11) is 3.97. The topological polar surface area (TPSA) is 87.2 Å². The van der Waals surface area contributed by atoms with E-state index in [2.05, 4.69) is 31.4 Å². The Balaban J connectivity index is 1.22. The third-order valence-corrected chi connectivity index (χ3v) is 9.70. The minimum absolute atomic E-state index is 0.000616. The SMILES string of the molecule is CN(C)c1nc(NC2CCC(NC(=O)C(CC(=O)c3ccc(C(C)(C)C)cc3)Sc3ccc(Cl)cc3)CC2)nc2ccccc12. The van der Waals surface area contributed by atoms with Crippen molar-refractivity contribution in [3.05, 3.63) is 88.9 Å². The fourth-order valence-corrected chi connectivity index (χ4v) is 6.79. The number of benzene rings is 3. The van der Waals surface area contributed by atoms with E-state index in [1.807, 2.05) is 79.7 Å². The number of fused-ring (bicyclic) bond motifs is 1. The van der Waals surface area contributed by atoms with E-state index in [9.17, 15) is 9.59 Å². The fourth-order valence-electron chi connectivity index (χ4n) is 5.63. The molecular formula is C36H42ClN5O2S. The van der Waals surface area contributed by atoms with Gasteiger partial charge in [0.2, 0.25) is 11.9 Å². The number of anilines is 2. The first-order chi connectivity index (χ1) is 21.5. The number of carbonyl (C=O) groups is 2. The molecule has 45 heavy (non-hydrogen) atoms. The predicted octanol–water partition coefficient (Wildman–Crippen LogP) is 7.92. The van der Waals surface area contributed by atoms with Crippen molar-refractivity contribution in [2.24, 2.45) is 0 Å². The third kappa shape index (κ3) is 8.56. The Kier molecular flexibility index (Phi) is 10.3. The first-order valence-corrected chi connectivity index (χ1v) is 16.8. The van der Waals surface area contributed by atoms with Gasteiger partial charge in [0.15, 0.2) is 5.78 Å². The number of ketones is 1. The van der Waals surface area contributed by atoms with Gasteiger partial charge in [-0.15, -0.1) is 11.8 Å². The van der Waals surface area contributed by atoms with E-state index in [-0.39, 0.29) is 35.6 Å². The Labute approximate surface area is 275 Å². The summed E-state index contributed by atoms with van der Waals surface area (Å²) in [6.45, 7) is 6.44. The van der Waals surface area contributed by atoms with Crippen LogP contribution in [0.2, 0.25) is 5.02 Å². The molecular weight excluding hydrogens is 602 g/mol. The van der Waals surface area contributed by atoms with Crippen LogP contribution >= 0.6 is 23.4 Å². The van der Waals surface area contributed by atoms with Crippen LogP contribution in [-0.2, 0) is 10.2 Å². The van der Waals surface area contributed by atoms with Crippen LogP contribution in [-0.4, -0.2) is 53.1 Å². The molecule has 0 aliphatic heterocycles. The molecule has 2 N–H and O–H groups in total. The zero-order chi connectivity index (χ0) is 32.1. The number of aromatic nitrogens is 2. The van der Waals surface area contributed by atoms with E-state index in [0.717, 1.165) is 47.3 Å². The van der Waals surface area contributed by atoms with E-state index in [1.165, 1.54) is 17.3 Å². The number of para-hydroxylation sites is 1. The molecule has 1 unspecified atom stereocenters. The van der Waals surface area contributed by atoms with Gasteiger partial charge in [-0.3, -0.25) is 9.59 Å². The van der Waals surface area contributed by atoms with Crippen molar-refractivity contribution < 1.29 is 9.59 Å². The van der Waals surface area contributed by atoms with Crippen LogP contribution in [0, 0.1) is 0 Å². The zero-order valence-electron chi connectivity index (χ0n) is 26.6. The highest BCUT2D eigenvalue weighted by atomic mass is 35.5. The maximum Gasteiger partial charge on any atom is 0.234 e. The second-order valence-electron chi connectivity index (χ2n) is 13.0. The highest BCUT2D eigenvalue weighted by molar-refractivity contribution is 8.00. The van der Waals surface area contributed by atoms with Crippen LogP contribution in [0.5, 0.6) is 0 Å². The van der Waals surface area contributed by atoms with Crippen LogP contribution in [0.4, 0.5) is 11.8 Å². The number of carbonyl (C=O) groups excluding carboxylic acids is 2. The van der Waals surface area contributed by atoms with Crippen molar-refractivity contribution in [2.45, 2.75) is 80.5 Å². The fraction of sp³-hybridized carbons (Fsp3) is 0.389. The van der Waals surface area contributed by atoms with Gasteiger partial charge in [-0.1, -0.05) is 68.8 Å². The summed E-state index contributed by atoms with van der Waals surface area (Å²) in [5, 5.41) is 7.89. The maximum atomic E-state index is 13.7. The maximum absolute atomic E-state index is 13.7. The van der Waals surface area contributed by atoms with Gasteiger partial charge in [-0.05, 0) is 73.1 Å². The van der Waals surface area contributed by atoms with E-state index >= 15 is 0 Å². The van der Waals surface area contributed by atoms with E-state index in [0.29, 0.717) is 16.5 Å². The summed E-state index contributed by atoms with van der Waals surface area (Å²) in [5.41, 5.74) is 2.70. The highest BCUT2D eigenvalue weighted by Gasteiger charge is 2.29. The second kappa shape index (κ2) is 14.2. The largest absolute Gasteiger partial charge is 0.362 e. The number of thioether (sulfide) groups is 1. The molecule has 1 atom stereocenters. The number of Topliss-reactive ketones (excluding diaryl/α,β-unsaturated/α-hetero) is 1. The molecule has 4 aromatic rings. The smallest absolute Gasteiger partial charge is 0.234 e. The average molecular weight is 644 g/mol. The lowest BCUT2D eigenvalue weighted by Crippen LogP contribution is -2.44. The lowest BCUT2D eigenvalue weighted by atomic mass is 9.86. The summed E-state index contributed by atoms with van der Waals surface area (Å²) < 4.78 is 0. The molecule has 0 saturated heterocycles. The molecule has 5 rings (SSSR count). The summed E-state index contributed by atoms with van der Waals surface area (Å²) in [6, 6.07) is 23.4. The molecule has 0 bridgehead atoms. The van der Waals surface area contributed by atoms with Crippen molar-refractivity contribution in [2.75, 3.05) is 24.3 Å². The molecule has 9 heteroatoms. The number of rotatable bonds is 10. The van der Waals surface area contributed by atoms with Crippen molar-refractivity contribution in [3.8, 4) is 0 Å². The first kappa shape index (κ1) is 32.8. The molecule has 7 nitrogen and oxygen atoms in total. The van der Waals surface area contributed by atoms with Gasteiger partial charge in [0.05, 0.1) is 10.8 Å². The van der Waals surface area contributed by atoms with Gasteiger partial charge >= 0.3 is 0 Å². The monoisotopic (exact) mass is 643 g/mol. The molecule has 1 amide bonds. The quantitative estimate of drug-likeness (QED) is 0.134. The van der Waals surface area contributed by atoms with Gasteiger partial charge in [0.1, 0.15) is 5.82 Å². The minimum Gasteiger partial charge on any atom is -0.362 e. The van der Waals surface area contributed by atoms with Gasteiger partial charge in [0, 0.05) is 53.5 Å². The van der Waals surface area contributed by atoms with Crippen LogP contribution in [0.15, 0.2) is 77.7 Å². The molecule has 1 heterocycles. The molecule has 236 valence electrons. The van der Waals surface area contributed by atoms with Gasteiger partial charge < -0.3 is 15.5 Å². The van der Waals surface area contributed by atoms with E-state index in [4.69, 9.17) is 21.6 Å². The van der Waals surface area contributed by atoms with Crippen LogP contribution in [0.1, 0.15) is 68.8 Å². The van der Waals surface area contributed by atoms with Crippen molar-refractivity contribution in [3.63, 3.8) is 0 Å². The Morgan fingerprint density at radius 3 is 2.20 bits per heavy atom. The molecule has 1 aromatic heterocycles. The predicted molar refractivity (Wildman–Crippen MR) is 187 cm³/mol. The number of nitrogens with zero attached hydrogens (tertiary/aromatic N) is 3. The number of hydrogen-bond acceptors (Lipinski definition) is 7. The normalized spacial score (nSPS) is 17.5. The average Bonchev–Trinajstić information content (AvgIpc) is 3.02. The molecule has 1 aliphatic rings. The number of halogens is 1. The second-order valence-corrected chi connectivity index (χ2v) is 14.7. The van der Waals surface area contributed by atoms with Crippen LogP contribution in [0.3, 0.4) is 0 Å². The minimum atomic E-state index is -0.563. The zero-order valence-corrected chi connectivity index (χ0v) is 28.2. The van der Waals surface area contributed by atoms with E-state index < -0.39 is 5.25 Å². The third-order valence-electron chi connectivity index (χ3n) is 8.24. The lowest BCUT2D eigenvalue weighted by molar-refractivity contribution is -0.121. The summed E-state index contributed by atoms with van der Waals surface area (Å²) in [5.74, 6) is 1.35. The number of nitrogens with one attached hydrogen (secondary N) is 2. The van der Waals surface area contributed by atoms with Gasteiger partial charge in [-0.25, -0.2) is 4.98 Å². The first-order valence-electron chi connectivity index (χ1n) is 15.5. The van der Waals surface area contributed by atoms with Crippen molar-refractivity contribution >= 4 is 57.7 Å². The Bertz CT molecular complexity index is 1630. The van der Waals surface area contributed by atoms with Gasteiger partial charge in [0.25, 0.3) is 0 Å². The van der Waals surface area contributed by atoms with Gasteiger partial charge in [-0.2, -0.15) is 4.98 Å². The van der Waals surface area contributed by atoms with Crippen molar-refractivity contribution in [1.29, 1.82) is 0 Å². The molecule has 1 aliphatic carbocycles. The van der Waals surface area contributed by atoms with Crippen molar-refractivity contribution in [1.82, 2.24) is 15.3 Å². The molecule has 1 saturated carbocycles.